The molecule has 3 aromatic carbocycles. The quantitative estimate of drug-likeness (QED) is 0.0244. The zero-order valence-electron chi connectivity index (χ0n) is 43.6. The molecule has 0 saturated carbocycles. The first-order valence-electron chi connectivity index (χ1n) is 25.1. The number of aromatic hydroxyl groups is 2. The molecule has 0 bridgehead atoms. The van der Waals surface area contributed by atoms with E-state index in [0.29, 0.717) is 27.6 Å². The number of rotatable bonds is 31. The smallest absolute Gasteiger partial charge is 0.327 e. The lowest BCUT2D eigenvalue weighted by molar-refractivity contribution is -0.141. The van der Waals surface area contributed by atoms with Crippen LogP contribution in [-0.2, 0) is 67.2 Å². The van der Waals surface area contributed by atoms with Crippen molar-refractivity contribution in [3.8, 4) is 11.5 Å². The minimum absolute atomic E-state index is 0.0501. The Labute approximate surface area is 465 Å². The van der Waals surface area contributed by atoms with Crippen LogP contribution >= 0.6 is 25.3 Å². The fraction of sp³-hybridized carbons (Fsp3) is 0.423. The number of carboxylic acids is 1. The highest BCUT2D eigenvalue weighted by Crippen LogP contribution is 2.20. The van der Waals surface area contributed by atoms with Gasteiger partial charge < -0.3 is 79.4 Å². The molecule has 1 heterocycles. The van der Waals surface area contributed by atoms with Crippen LogP contribution in [0, 0.1) is 5.92 Å². The van der Waals surface area contributed by atoms with Gasteiger partial charge in [-0.15, -0.1) is 0 Å². The number of hydrogen-bond acceptors (Lipinski definition) is 16. The van der Waals surface area contributed by atoms with Crippen molar-refractivity contribution in [2.75, 3.05) is 18.1 Å². The summed E-state index contributed by atoms with van der Waals surface area (Å²) in [7, 11) is 0. The number of nitrogens with one attached hydrogen (secondary N) is 9. The summed E-state index contributed by atoms with van der Waals surface area (Å²) in [5.41, 5.74) is 13.1. The zero-order valence-corrected chi connectivity index (χ0v) is 45.4. The fourth-order valence-corrected chi connectivity index (χ4v) is 8.38. The van der Waals surface area contributed by atoms with Gasteiger partial charge in [0.2, 0.25) is 53.2 Å². The number of aliphatic hydroxyl groups excluding tert-OH is 1. The monoisotopic (exact) mass is 1140 g/mol. The van der Waals surface area contributed by atoms with Crippen LogP contribution in [0.5, 0.6) is 11.5 Å². The van der Waals surface area contributed by atoms with Crippen LogP contribution in [-0.4, -0.2) is 157 Å². The summed E-state index contributed by atoms with van der Waals surface area (Å²) >= 11 is 8.00. The first kappa shape index (κ1) is 63.7. The van der Waals surface area contributed by atoms with Crippen molar-refractivity contribution in [3.63, 3.8) is 0 Å². The first-order valence-corrected chi connectivity index (χ1v) is 26.3. The Hall–Kier alpha value is -7.88. The van der Waals surface area contributed by atoms with Gasteiger partial charge in [-0.3, -0.25) is 43.2 Å². The lowest BCUT2D eigenvalue weighted by Crippen LogP contribution is -2.62. The summed E-state index contributed by atoms with van der Waals surface area (Å²) in [6.07, 6.45) is -1.25. The molecule has 428 valence electrons. The van der Waals surface area contributed by atoms with Crippen LogP contribution in [0.3, 0.4) is 0 Å². The Kier molecular flexibility index (Phi) is 24.9. The summed E-state index contributed by atoms with van der Waals surface area (Å²) in [5, 5.41) is 61.0. The average Bonchev–Trinajstić information content (AvgIpc) is 3.81. The van der Waals surface area contributed by atoms with Gasteiger partial charge in [0.1, 0.15) is 53.8 Å². The van der Waals surface area contributed by atoms with E-state index in [2.05, 4.69) is 72.8 Å². The largest absolute Gasteiger partial charge is 0.508 e. The van der Waals surface area contributed by atoms with Gasteiger partial charge in [-0.25, -0.2) is 4.79 Å². The van der Waals surface area contributed by atoms with Crippen molar-refractivity contribution in [1.82, 2.24) is 47.5 Å². The minimum Gasteiger partial charge on any atom is -0.508 e. The van der Waals surface area contributed by atoms with Gasteiger partial charge in [0.25, 0.3) is 0 Å². The zero-order chi connectivity index (χ0) is 58.5. The Bertz CT molecular complexity index is 2780. The molecular formula is C52H69N11O14S2. The molecule has 0 aliphatic rings. The molecule has 0 radical (unpaired) electrons. The number of carboxylic acid groups (broad SMARTS) is 1. The Balaban J connectivity index is 1.62. The van der Waals surface area contributed by atoms with Gasteiger partial charge >= 0.3 is 5.97 Å². The summed E-state index contributed by atoms with van der Waals surface area (Å²) in [5.74, 6) is -10.3. The second kappa shape index (κ2) is 30.9. The SMILES string of the molecule is CC(C)C[C@H](NC(=O)[C@H](CCC(N)=O)NC(=O)[C@@H](N)CS)C(=O)NCC(=O)N[C@@H](Cc1ccc(O)cc1)C(=O)N[C@@H](Cc1c[nH]c2ccccc12)C(=O)N[C@H](C(=O)N[C@@H](Cc1ccc(O)cc1)C(=O)N[C@@H](CS)C(=O)O)[C@@H](C)O. The fourth-order valence-electron chi connectivity index (χ4n) is 7.96. The van der Waals surface area contributed by atoms with Crippen molar-refractivity contribution in [2.24, 2.45) is 17.4 Å². The maximum Gasteiger partial charge on any atom is 0.327 e. The Morgan fingerprint density at radius 2 is 1.08 bits per heavy atom. The molecule has 25 nitrogen and oxygen atoms in total. The number of aromatic nitrogens is 1. The second-order valence-electron chi connectivity index (χ2n) is 19.1. The van der Waals surface area contributed by atoms with E-state index >= 15 is 0 Å². The van der Waals surface area contributed by atoms with E-state index in [0.717, 1.165) is 0 Å². The number of thiol groups is 2. The second-order valence-corrected chi connectivity index (χ2v) is 19.9. The van der Waals surface area contributed by atoms with Gasteiger partial charge in [0.05, 0.1) is 18.7 Å². The number of amides is 9. The number of H-pyrrole nitrogens is 1. The van der Waals surface area contributed by atoms with Crippen LogP contribution in [0.25, 0.3) is 10.9 Å². The predicted octanol–water partition coefficient (Wildman–Crippen LogP) is -1.92. The number of primary amides is 1. The van der Waals surface area contributed by atoms with E-state index in [-0.39, 0.29) is 67.4 Å². The number of carbonyl (C=O) groups is 10. The molecule has 9 atom stereocenters. The lowest BCUT2D eigenvalue weighted by atomic mass is 10.0. The van der Waals surface area contributed by atoms with Crippen LogP contribution < -0.4 is 54.0 Å². The molecule has 0 spiro atoms. The van der Waals surface area contributed by atoms with Crippen LogP contribution in [0.15, 0.2) is 79.0 Å². The normalized spacial score (nSPS) is 14.6. The lowest BCUT2D eigenvalue weighted by Gasteiger charge is -2.28. The first-order chi connectivity index (χ1) is 37.4. The predicted molar refractivity (Wildman–Crippen MR) is 295 cm³/mol. The molecule has 4 aromatic rings. The van der Waals surface area contributed by atoms with Crippen molar-refractivity contribution in [1.29, 1.82) is 0 Å². The topological polar surface area (TPSA) is 416 Å². The number of para-hydroxylation sites is 1. The van der Waals surface area contributed by atoms with Crippen LogP contribution in [0.4, 0.5) is 0 Å². The highest BCUT2D eigenvalue weighted by molar-refractivity contribution is 7.80. The summed E-state index contributed by atoms with van der Waals surface area (Å²) in [6, 6.07) is 6.71. The number of fused-ring (bicyclic) bond motifs is 1. The van der Waals surface area contributed by atoms with Gasteiger partial charge in [-0.1, -0.05) is 56.3 Å². The molecule has 4 rings (SSSR count). The Morgan fingerprint density at radius 1 is 0.582 bits per heavy atom. The maximum absolute atomic E-state index is 14.6. The summed E-state index contributed by atoms with van der Waals surface area (Å²) < 4.78 is 0. The minimum atomic E-state index is -1.80. The molecule has 17 N–H and O–H groups in total. The molecular weight excluding hydrogens is 1070 g/mol. The number of nitrogens with two attached hydrogens (primary N) is 2. The number of carbonyl (C=O) groups excluding carboxylic acids is 9. The average molecular weight is 1140 g/mol. The Morgan fingerprint density at radius 3 is 1.61 bits per heavy atom. The van der Waals surface area contributed by atoms with Gasteiger partial charge in [-0.2, -0.15) is 25.3 Å². The number of aromatic amines is 1. The molecule has 1 aromatic heterocycles. The number of phenols is 2. The van der Waals surface area contributed by atoms with Crippen molar-refractivity contribution < 1.29 is 68.4 Å². The highest BCUT2D eigenvalue weighted by Gasteiger charge is 2.36. The van der Waals surface area contributed by atoms with E-state index in [9.17, 15) is 68.4 Å². The number of aliphatic hydroxyl groups is 1. The van der Waals surface area contributed by atoms with Crippen molar-refractivity contribution >= 4 is 95.3 Å². The number of phenolic OH excluding ortho intramolecular Hbond substituents is 2. The van der Waals surface area contributed by atoms with E-state index in [1.165, 1.54) is 55.5 Å². The van der Waals surface area contributed by atoms with E-state index in [1.807, 2.05) is 0 Å². The molecule has 9 amide bonds. The van der Waals surface area contributed by atoms with Crippen molar-refractivity contribution in [2.45, 2.75) is 114 Å². The standard InChI is InChI=1S/C52H69N11O14S2/c1-26(2)18-37(59-47(71)36(16-17-42(54)67)58-45(69)34(53)24-78)46(70)56-23-43(68)57-38(19-28-8-12-31(65)13-9-28)48(72)60-40(21-30-22-55-35-7-5-4-6-33(30)35)50(74)63-44(27(3)64)51(75)61-39(20-29-10-14-32(66)15-11-29)49(73)62-41(25-79)52(76)77/h4-15,22,26-27,34,36-41,44,55,64-66,78-79H,16-21,23-25,53H2,1-3H3,(H2,54,67)(H,56,70)(H,57,68)(H,58,69)(H,59,71)(H,60,72)(H,61,75)(H,62,73)(H,63,74)(H,76,77)/t27-,34+,36+,37+,38+,39+,40+,41+,44+/m1/s1. The van der Waals surface area contributed by atoms with E-state index in [1.54, 1.807) is 44.3 Å². The third-order valence-electron chi connectivity index (χ3n) is 12.2. The number of aliphatic carboxylic acids is 1. The van der Waals surface area contributed by atoms with E-state index < -0.39 is 120 Å². The summed E-state index contributed by atoms with van der Waals surface area (Å²) in [6.45, 7) is 3.96. The number of benzene rings is 3. The molecule has 0 unspecified atom stereocenters. The third kappa shape index (κ3) is 20.5. The maximum atomic E-state index is 14.6. The molecule has 27 heteroatoms. The third-order valence-corrected chi connectivity index (χ3v) is 13.0. The number of hydrogen-bond donors (Lipinski definition) is 17. The van der Waals surface area contributed by atoms with Gasteiger partial charge in [0, 0.05) is 54.3 Å². The van der Waals surface area contributed by atoms with Gasteiger partial charge in [0.15, 0.2) is 0 Å². The molecule has 79 heavy (non-hydrogen) atoms. The molecule has 0 saturated heterocycles. The molecule has 0 fully saturated rings. The van der Waals surface area contributed by atoms with E-state index in [4.69, 9.17) is 11.5 Å². The molecule has 0 aliphatic carbocycles. The van der Waals surface area contributed by atoms with Crippen LogP contribution in [0.1, 0.15) is 56.7 Å². The highest BCUT2D eigenvalue weighted by atomic mass is 32.1. The molecule has 0 aliphatic heterocycles. The van der Waals surface area contributed by atoms with Crippen molar-refractivity contribution in [3.05, 3.63) is 95.7 Å². The summed E-state index contributed by atoms with van der Waals surface area (Å²) in [4.78, 5) is 137. The van der Waals surface area contributed by atoms with Gasteiger partial charge in [-0.05, 0) is 72.7 Å². The van der Waals surface area contributed by atoms with Crippen LogP contribution in [0.2, 0.25) is 0 Å².